The third-order valence-electron chi connectivity index (χ3n) is 2.40. The van der Waals surface area contributed by atoms with Crippen LogP contribution in [-0.4, -0.2) is 19.3 Å². The fraction of sp³-hybridized carbons (Fsp3) is 0.455. The molecule has 1 fully saturated rings. The van der Waals surface area contributed by atoms with Crippen molar-refractivity contribution in [1.82, 2.24) is 0 Å². The van der Waals surface area contributed by atoms with Gasteiger partial charge in [0.1, 0.15) is 18.5 Å². The lowest BCUT2D eigenvalue weighted by molar-refractivity contribution is -0.143. The minimum atomic E-state index is -4.87. The zero-order chi connectivity index (χ0) is 14.3. The van der Waals surface area contributed by atoms with Crippen molar-refractivity contribution in [2.24, 2.45) is 0 Å². The van der Waals surface area contributed by atoms with Crippen LogP contribution in [0.15, 0.2) is 18.2 Å². The summed E-state index contributed by atoms with van der Waals surface area (Å²) < 4.78 is 84.6. The number of ether oxygens (including phenoxy) is 2. The molecule has 0 saturated carbocycles. The molecule has 0 aromatic heterocycles. The Morgan fingerprint density at radius 2 is 1.47 bits per heavy atom. The van der Waals surface area contributed by atoms with E-state index in [1.807, 2.05) is 0 Å². The molecule has 2 rings (SSSR count). The summed E-state index contributed by atoms with van der Waals surface area (Å²) in [5.41, 5.74) is -2.79. The zero-order valence-corrected chi connectivity index (χ0v) is 9.31. The minimum absolute atomic E-state index is 0.0560. The molecule has 19 heavy (non-hydrogen) atoms. The molecule has 1 atom stereocenters. The fourth-order valence-corrected chi connectivity index (χ4v) is 1.36. The van der Waals surface area contributed by atoms with Crippen LogP contribution in [0, 0.1) is 0 Å². The molecule has 0 aliphatic carbocycles. The first kappa shape index (κ1) is 14.0. The van der Waals surface area contributed by atoms with Gasteiger partial charge in [0.15, 0.2) is 0 Å². The summed E-state index contributed by atoms with van der Waals surface area (Å²) in [5.74, 6) is -0.474. The van der Waals surface area contributed by atoms with Gasteiger partial charge in [0.2, 0.25) is 0 Å². The van der Waals surface area contributed by atoms with Crippen molar-refractivity contribution < 1.29 is 35.8 Å². The maximum atomic E-state index is 12.5. The van der Waals surface area contributed by atoms with E-state index in [0.717, 1.165) is 0 Å². The maximum Gasteiger partial charge on any atom is 0.416 e. The molecule has 1 aliphatic heterocycles. The monoisotopic (exact) mass is 286 g/mol. The van der Waals surface area contributed by atoms with Crippen LogP contribution in [0.1, 0.15) is 11.1 Å². The number of benzene rings is 1. The average Bonchev–Trinajstić information content (AvgIpc) is 3.07. The van der Waals surface area contributed by atoms with Crippen LogP contribution in [0.4, 0.5) is 26.3 Å². The Morgan fingerprint density at radius 1 is 1.00 bits per heavy atom. The van der Waals surface area contributed by atoms with Gasteiger partial charge < -0.3 is 9.47 Å². The van der Waals surface area contributed by atoms with Gasteiger partial charge in [-0.3, -0.25) is 0 Å². The zero-order valence-electron chi connectivity index (χ0n) is 9.31. The van der Waals surface area contributed by atoms with Gasteiger partial charge in [-0.2, -0.15) is 26.3 Å². The highest BCUT2D eigenvalue weighted by molar-refractivity contribution is 5.37. The SMILES string of the molecule is FC(F)(F)c1cc(OC[C@@H]2CO2)cc(C(F)(F)F)c1. The molecule has 0 radical (unpaired) electrons. The van der Waals surface area contributed by atoms with Gasteiger partial charge in [-0.25, -0.2) is 0 Å². The number of alkyl halides is 6. The van der Waals surface area contributed by atoms with Crippen molar-refractivity contribution in [3.63, 3.8) is 0 Å². The van der Waals surface area contributed by atoms with Gasteiger partial charge in [0.05, 0.1) is 17.7 Å². The highest BCUT2D eigenvalue weighted by atomic mass is 19.4. The summed E-state index contributed by atoms with van der Waals surface area (Å²) in [6.45, 7) is 0.323. The normalized spacial score (nSPS) is 19.4. The average molecular weight is 286 g/mol. The largest absolute Gasteiger partial charge is 0.491 e. The molecule has 0 N–H and O–H groups in total. The number of hydrogen-bond acceptors (Lipinski definition) is 2. The van der Waals surface area contributed by atoms with Crippen LogP contribution in [0.5, 0.6) is 5.75 Å². The summed E-state index contributed by atoms with van der Waals surface area (Å²) in [5, 5.41) is 0. The summed E-state index contributed by atoms with van der Waals surface area (Å²) in [7, 11) is 0. The van der Waals surface area contributed by atoms with Crippen LogP contribution < -0.4 is 4.74 Å². The summed E-state index contributed by atoms with van der Waals surface area (Å²) in [6.07, 6.45) is -9.99. The van der Waals surface area contributed by atoms with E-state index in [2.05, 4.69) is 0 Å². The second-order valence-electron chi connectivity index (χ2n) is 4.01. The molecular weight excluding hydrogens is 278 g/mol. The molecule has 1 saturated heterocycles. The second-order valence-corrected chi connectivity index (χ2v) is 4.01. The predicted octanol–water partition coefficient (Wildman–Crippen LogP) is 3.50. The molecule has 1 aromatic carbocycles. The smallest absolute Gasteiger partial charge is 0.416 e. The molecule has 106 valence electrons. The number of halogens is 6. The van der Waals surface area contributed by atoms with Crippen LogP contribution in [0.3, 0.4) is 0 Å². The van der Waals surface area contributed by atoms with Gasteiger partial charge in [0, 0.05) is 0 Å². The number of hydrogen-bond donors (Lipinski definition) is 0. The molecule has 8 heteroatoms. The van der Waals surface area contributed by atoms with E-state index in [-0.39, 0.29) is 18.8 Å². The summed E-state index contributed by atoms with van der Waals surface area (Å²) in [6, 6.07) is 1.13. The lowest BCUT2D eigenvalue weighted by Crippen LogP contribution is -2.12. The number of epoxide rings is 1. The molecule has 0 bridgehead atoms. The topological polar surface area (TPSA) is 21.8 Å². The lowest BCUT2D eigenvalue weighted by atomic mass is 10.1. The van der Waals surface area contributed by atoms with Crippen LogP contribution in [0.2, 0.25) is 0 Å². The van der Waals surface area contributed by atoms with Crippen molar-refractivity contribution in [2.45, 2.75) is 18.5 Å². The predicted molar refractivity (Wildman–Crippen MR) is 51.7 cm³/mol. The molecule has 1 heterocycles. The summed E-state index contributed by atoms with van der Waals surface area (Å²) >= 11 is 0. The second kappa shape index (κ2) is 4.59. The Bertz CT molecular complexity index is 429. The quantitative estimate of drug-likeness (QED) is 0.626. The van der Waals surface area contributed by atoms with E-state index >= 15 is 0 Å². The lowest BCUT2D eigenvalue weighted by Gasteiger charge is -2.14. The first-order valence-corrected chi connectivity index (χ1v) is 5.20. The van der Waals surface area contributed by atoms with Crippen molar-refractivity contribution >= 4 is 0 Å². The molecule has 0 spiro atoms. The van der Waals surface area contributed by atoms with Gasteiger partial charge in [-0.05, 0) is 18.2 Å². The first-order chi connectivity index (χ1) is 8.66. The third kappa shape index (κ3) is 3.76. The van der Waals surface area contributed by atoms with E-state index in [9.17, 15) is 26.3 Å². The van der Waals surface area contributed by atoms with Gasteiger partial charge in [-0.1, -0.05) is 0 Å². The van der Waals surface area contributed by atoms with E-state index < -0.39 is 29.2 Å². The molecule has 2 nitrogen and oxygen atoms in total. The fourth-order valence-electron chi connectivity index (χ4n) is 1.36. The van der Waals surface area contributed by atoms with E-state index in [4.69, 9.17) is 9.47 Å². The van der Waals surface area contributed by atoms with E-state index in [1.54, 1.807) is 0 Å². The summed E-state index contributed by atoms with van der Waals surface area (Å²) in [4.78, 5) is 0. The Kier molecular flexibility index (Phi) is 3.38. The molecule has 1 aliphatic rings. The minimum Gasteiger partial charge on any atom is -0.491 e. The van der Waals surface area contributed by atoms with Crippen molar-refractivity contribution in [2.75, 3.05) is 13.2 Å². The Hall–Kier alpha value is -1.44. The van der Waals surface area contributed by atoms with Crippen LogP contribution >= 0.6 is 0 Å². The van der Waals surface area contributed by atoms with Gasteiger partial charge in [-0.15, -0.1) is 0 Å². The Morgan fingerprint density at radius 3 is 1.84 bits per heavy atom. The van der Waals surface area contributed by atoms with Crippen molar-refractivity contribution in [3.8, 4) is 5.75 Å². The maximum absolute atomic E-state index is 12.5. The molecule has 0 unspecified atom stereocenters. The Balaban J connectivity index is 2.30. The van der Waals surface area contributed by atoms with Crippen molar-refractivity contribution in [3.05, 3.63) is 29.3 Å². The molecule has 0 amide bonds. The first-order valence-electron chi connectivity index (χ1n) is 5.20. The third-order valence-corrected chi connectivity index (χ3v) is 2.40. The van der Waals surface area contributed by atoms with E-state index in [1.165, 1.54) is 0 Å². The highest BCUT2D eigenvalue weighted by Crippen LogP contribution is 2.38. The standard InChI is InChI=1S/C11H8F6O2/c12-10(13,14)6-1-7(11(15,16)17)3-8(2-6)18-4-9-5-19-9/h1-3,9H,4-5H2/t9-/m1/s1. The molecule has 1 aromatic rings. The van der Waals surface area contributed by atoms with E-state index in [0.29, 0.717) is 18.7 Å². The molecular formula is C11H8F6O2. The highest BCUT2D eigenvalue weighted by Gasteiger charge is 2.37. The van der Waals surface area contributed by atoms with Crippen LogP contribution in [0.25, 0.3) is 0 Å². The van der Waals surface area contributed by atoms with Gasteiger partial charge >= 0.3 is 12.4 Å². The van der Waals surface area contributed by atoms with Gasteiger partial charge in [0.25, 0.3) is 0 Å². The van der Waals surface area contributed by atoms with Crippen molar-refractivity contribution in [1.29, 1.82) is 0 Å². The number of rotatable bonds is 3. The Labute approximate surface area is 103 Å². The van der Waals surface area contributed by atoms with Crippen LogP contribution in [-0.2, 0) is 17.1 Å².